The maximum absolute atomic E-state index is 4.42. The van der Waals surface area contributed by atoms with Gasteiger partial charge >= 0.3 is 0 Å². The van der Waals surface area contributed by atoms with E-state index in [4.69, 9.17) is 0 Å². The SMILES string of the molecule is CCc1cccc2sc(Br)nc12. The van der Waals surface area contributed by atoms with Crippen LogP contribution in [0.2, 0.25) is 0 Å². The lowest BCUT2D eigenvalue weighted by Crippen LogP contribution is -1.80. The first kappa shape index (κ1) is 8.20. The number of aryl methyl sites for hydroxylation is 1. The Hall–Kier alpha value is -0.410. The third-order valence-corrected chi connectivity index (χ3v) is 3.33. The van der Waals surface area contributed by atoms with E-state index < -0.39 is 0 Å². The summed E-state index contributed by atoms with van der Waals surface area (Å²) in [7, 11) is 0. The third-order valence-electron chi connectivity index (χ3n) is 1.86. The van der Waals surface area contributed by atoms with Crippen LogP contribution in [0.25, 0.3) is 10.2 Å². The highest BCUT2D eigenvalue weighted by Crippen LogP contribution is 2.28. The van der Waals surface area contributed by atoms with Gasteiger partial charge in [0.05, 0.1) is 10.2 Å². The van der Waals surface area contributed by atoms with Gasteiger partial charge in [0, 0.05) is 0 Å². The van der Waals surface area contributed by atoms with Gasteiger partial charge in [0.25, 0.3) is 0 Å². The smallest absolute Gasteiger partial charge is 0.160 e. The van der Waals surface area contributed by atoms with Crippen molar-refractivity contribution in [3.8, 4) is 0 Å². The lowest BCUT2D eigenvalue weighted by molar-refractivity contribution is 1.15. The molecule has 0 unspecified atom stereocenters. The molecule has 3 heteroatoms. The van der Waals surface area contributed by atoms with Crippen molar-refractivity contribution >= 4 is 37.5 Å². The molecule has 1 nitrogen and oxygen atoms in total. The van der Waals surface area contributed by atoms with Crippen LogP contribution in [0.4, 0.5) is 0 Å². The number of para-hydroxylation sites is 1. The standard InChI is InChI=1S/C9H8BrNS/c1-2-6-4-3-5-7-8(6)11-9(10)12-7/h3-5H,2H2,1H3. The first-order valence-corrected chi connectivity index (χ1v) is 5.46. The van der Waals surface area contributed by atoms with Gasteiger partial charge in [-0.1, -0.05) is 19.1 Å². The molecule has 0 radical (unpaired) electrons. The molecule has 0 fully saturated rings. The number of fused-ring (bicyclic) bond motifs is 1. The number of halogens is 1. The first-order valence-electron chi connectivity index (χ1n) is 3.85. The zero-order valence-corrected chi connectivity index (χ0v) is 9.08. The van der Waals surface area contributed by atoms with Crippen LogP contribution >= 0.6 is 27.3 Å². The predicted octanol–water partition coefficient (Wildman–Crippen LogP) is 3.62. The molecule has 0 aliphatic rings. The van der Waals surface area contributed by atoms with Crippen molar-refractivity contribution in [1.29, 1.82) is 0 Å². The Morgan fingerprint density at radius 2 is 2.33 bits per heavy atom. The fraction of sp³-hybridized carbons (Fsp3) is 0.222. The molecule has 0 saturated carbocycles. The van der Waals surface area contributed by atoms with Crippen LogP contribution in [-0.2, 0) is 6.42 Å². The van der Waals surface area contributed by atoms with E-state index in [1.54, 1.807) is 11.3 Å². The molecular formula is C9H8BrNS. The molecule has 0 spiro atoms. The zero-order valence-electron chi connectivity index (χ0n) is 6.67. The Labute approximate surface area is 83.6 Å². The predicted molar refractivity (Wildman–Crippen MR) is 56.7 cm³/mol. The van der Waals surface area contributed by atoms with Gasteiger partial charge in [-0.2, -0.15) is 0 Å². The van der Waals surface area contributed by atoms with E-state index in [0.29, 0.717) is 0 Å². The highest BCUT2D eigenvalue weighted by molar-refractivity contribution is 9.11. The summed E-state index contributed by atoms with van der Waals surface area (Å²) in [6, 6.07) is 6.33. The topological polar surface area (TPSA) is 12.9 Å². The van der Waals surface area contributed by atoms with Gasteiger partial charge in [-0.15, -0.1) is 11.3 Å². The average Bonchev–Trinajstić information content (AvgIpc) is 2.44. The number of nitrogens with zero attached hydrogens (tertiary/aromatic N) is 1. The lowest BCUT2D eigenvalue weighted by Gasteiger charge is -1.95. The molecule has 12 heavy (non-hydrogen) atoms. The molecule has 0 N–H and O–H groups in total. The Balaban J connectivity index is 2.78. The molecule has 2 aromatic rings. The van der Waals surface area contributed by atoms with Crippen molar-refractivity contribution in [1.82, 2.24) is 4.98 Å². The molecular weight excluding hydrogens is 234 g/mol. The van der Waals surface area contributed by atoms with Gasteiger partial charge in [0.2, 0.25) is 0 Å². The zero-order chi connectivity index (χ0) is 8.55. The summed E-state index contributed by atoms with van der Waals surface area (Å²) in [6.45, 7) is 2.15. The molecule has 0 aliphatic carbocycles. The van der Waals surface area contributed by atoms with E-state index in [-0.39, 0.29) is 0 Å². The normalized spacial score (nSPS) is 10.8. The van der Waals surface area contributed by atoms with Crippen molar-refractivity contribution < 1.29 is 0 Å². The van der Waals surface area contributed by atoms with Gasteiger partial charge in [-0.3, -0.25) is 0 Å². The molecule has 0 amide bonds. The Morgan fingerprint density at radius 1 is 1.50 bits per heavy atom. The second-order valence-electron chi connectivity index (χ2n) is 2.58. The maximum Gasteiger partial charge on any atom is 0.160 e. The highest BCUT2D eigenvalue weighted by atomic mass is 79.9. The molecule has 0 bridgehead atoms. The minimum absolute atomic E-state index is 0.971. The van der Waals surface area contributed by atoms with Gasteiger partial charge in [0.15, 0.2) is 3.92 Å². The number of aromatic nitrogens is 1. The number of rotatable bonds is 1. The van der Waals surface area contributed by atoms with Crippen LogP contribution in [-0.4, -0.2) is 4.98 Å². The van der Waals surface area contributed by atoms with E-state index in [2.05, 4.69) is 46.0 Å². The quantitative estimate of drug-likeness (QED) is 0.744. The summed E-state index contributed by atoms with van der Waals surface area (Å²) >= 11 is 5.08. The molecule has 0 saturated heterocycles. The van der Waals surface area contributed by atoms with Gasteiger partial charge in [-0.05, 0) is 34.0 Å². The van der Waals surface area contributed by atoms with Gasteiger partial charge < -0.3 is 0 Å². The van der Waals surface area contributed by atoms with Crippen molar-refractivity contribution in [3.63, 3.8) is 0 Å². The number of hydrogen-bond donors (Lipinski definition) is 0. The number of thiazole rings is 1. The molecule has 0 aliphatic heterocycles. The van der Waals surface area contributed by atoms with Crippen LogP contribution in [0.5, 0.6) is 0 Å². The van der Waals surface area contributed by atoms with Gasteiger partial charge in [0.1, 0.15) is 0 Å². The molecule has 1 aromatic carbocycles. The van der Waals surface area contributed by atoms with Crippen LogP contribution in [0.3, 0.4) is 0 Å². The minimum atomic E-state index is 0.971. The van der Waals surface area contributed by atoms with E-state index in [0.717, 1.165) is 15.9 Å². The van der Waals surface area contributed by atoms with Crippen LogP contribution < -0.4 is 0 Å². The molecule has 62 valence electrons. The summed E-state index contributed by atoms with van der Waals surface area (Å²) in [5.74, 6) is 0. The number of hydrogen-bond acceptors (Lipinski definition) is 2. The summed E-state index contributed by atoms with van der Waals surface area (Å²) in [5.41, 5.74) is 2.48. The maximum atomic E-state index is 4.42. The second kappa shape index (κ2) is 3.15. The van der Waals surface area contributed by atoms with E-state index in [1.807, 2.05) is 0 Å². The Kier molecular flexibility index (Phi) is 2.15. The monoisotopic (exact) mass is 241 g/mol. The van der Waals surface area contributed by atoms with E-state index in [9.17, 15) is 0 Å². The largest absolute Gasteiger partial charge is 0.229 e. The van der Waals surface area contributed by atoms with Crippen LogP contribution in [0.15, 0.2) is 22.1 Å². The molecule has 0 atom stereocenters. The molecule has 2 rings (SSSR count). The van der Waals surface area contributed by atoms with Crippen LogP contribution in [0.1, 0.15) is 12.5 Å². The Bertz CT molecular complexity index is 408. The van der Waals surface area contributed by atoms with Gasteiger partial charge in [-0.25, -0.2) is 4.98 Å². The average molecular weight is 242 g/mol. The van der Waals surface area contributed by atoms with Crippen LogP contribution in [0, 0.1) is 0 Å². The Morgan fingerprint density at radius 3 is 3.08 bits per heavy atom. The first-order chi connectivity index (χ1) is 5.81. The summed E-state index contributed by atoms with van der Waals surface area (Å²) in [6.07, 6.45) is 1.05. The third kappa shape index (κ3) is 1.27. The summed E-state index contributed by atoms with van der Waals surface area (Å²) < 4.78 is 2.24. The highest BCUT2D eigenvalue weighted by Gasteiger charge is 2.03. The van der Waals surface area contributed by atoms with Crippen molar-refractivity contribution in [2.45, 2.75) is 13.3 Å². The van der Waals surface area contributed by atoms with Crippen molar-refractivity contribution in [2.75, 3.05) is 0 Å². The minimum Gasteiger partial charge on any atom is -0.229 e. The van der Waals surface area contributed by atoms with E-state index in [1.165, 1.54) is 10.3 Å². The molecule has 1 heterocycles. The van der Waals surface area contributed by atoms with Crippen molar-refractivity contribution in [3.05, 3.63) is 27.7 Å². The summed E-state index contributed by atoms with van der Waals surface area (Å²) in [5, 5.41) is 0. The molecule has 1 aromatic heterocycles. The fourth-order valence-electron chi connectivity index (χ4n) is 1.26. The van der Waals surface area contributed by atoms with Crippen molar-refractivity contribution in [2.24, 2.45) is 0 Å². The van der Waals surface area contributed by atoms with E-state index >= 15 is 0 Å². The lowest BCUT2D eigenvalue weighted by atomic mass is 10.1. The fourth-order valence-corrected chi connectivity index (χ4v) is 2.70. The number of benzene rings is 1. The second-order valence-corrected chi connectivity index (χ2v) is 4.89. The summed E-state index contributed by atoms with van der Waals surface area (Å²) in [4.78, 5) is 4.42.